The number of benzene rings is 2. The fourth-order valence-corrected chi connectivity index (χ4v) is 4.52. The standard InChI is InChI=1S/C30H36N2O4/c1-20(2)36-27(33)30(19-29(3,4)5,32-28(34)35-18-21-9-7-6-8-10-21)24-14-16-26-23(17-24)13-15-25(31-26)22-11-12-22/h6-10,13-17,20,22H,11-12,18-19H2,1-5H3,(H,32,34). The van der Waals surface area contributed by atoms with Crippen molar-refractivity contribution in [3.63, 3.8) is 0 Å². The summed E-state index contributed by atoms with van der Waals surface area (Å²) in [6.45, 7) is 9.81. The van der Waals surface area contributed by atoms with Crippen molar-refractivity contribution in [2.45, 2.75) is 78.0 Å². The van der Waals surface area contributed by atoms with E-state index in [0.717, 1.165) is 22.2 Å². The van der Waals surface area contributed by atoms with E-state index in [4.69, 9.17) is 14.5 Å². The maximum absolute atomic E-state index is 13.7. The van der Waals surface area contributed by atoms with Crippen LogP contribution in [0.5, 0.6) is 0 Å². The molecule has 1 saturated carbocycles. The molecule has 0 aliphatic heterocycles. The molecule has 1 aromatic heterocycles. The van der Waals surface area contributed by atoms with Gasteiger partial charge in [0.1, 0.15) is 6.61 Å². The van der Waals surface area contributed by atoms with E-state index in [2.05, 4.69) is 11.4 Å². The highest BCUT2D eigenvalue weighted by atomic mass is 16.6. The molecule has 4 rings (SSSR count). The van der Waals surface area contributed by atoms with Crippen LogP contribution < -0.4 is 5.32 Å². The number of amides is 1. The predicted molar refractivity (Wildman–Crippen MR) is 140 cm³/mol. The lowest BCUT2D eigenvalue weighted by molar-refractivity contribution is -0.157. The molecule has 1 heterocycles. The average molecular weight is 489 g/mol. The molecule has 1 fully saturated rings. The van der Waals surface area contributed by atoms with Crippen LogP contribution in [-0.4, -0.2) is 23.2 Å². The minimum Gasteiger partial charge on any atom is -0.461 e. The zero-order chi connectivity index (χ0) is 25.9. The second-order valence-electron chi connectivity index (χ2n) is 11.2. The van der Waals surface area contributed by atoms with Gasteiger partial charge in [-0.2, -0.15) is 0 Å². The Bertz CT molecular complexity index is 1230. The number of rotatable bonds is 8. The van der Waals surface area contributed by atoms with Gasteiger partial charge in [0.15, 0.2) is 5.54 Å². The topological polar surface area (TPSA) is 77.5 Å². The Morgan fingerprint density at radius 3 is 2.39 bits per heavy atom. The first-order valence-electron chi connectivity index (χ1n) is 12.7. The van der Waals surface area contributed by atoms with Crippen molar-refractivity contribution in [3.8, 4) is 0 Å². The lowest BCUT2D eigenvalue weighted by Crippen LogP contribution is -2.55. The fraction of sp³-hybridized carbons (Fsp3) is 0.433. The molecular formula is C30H36N2O4. The molecule has 6 nitrogen and oxygen atoms in total. The van der Waals surface area contributed by atoms with Crippen LogP contribution in [0.3, 0.4) is 0 Å². The number of esters is 1. The predicted octanol–water partition coefficient (Wildman–Crippen LogP) is 6.62. The SMILES string of the molecule is CC(C)OC(=O)C(CC(C)(C)C)(NC(=O)OCc1ccccc1)c1ccc2nc(C3CC3)ccc2c1. The number of alkyl carbamates (subject to hydrolysis) is 1. The van der Waals surface area contributed by atoms with Crippen LogP contribution in [0, 0.1) is 5.41 Å². The van der Waals surface area contributed by atoms with Crippen molar-refractivity contribution in [1.29, 1.82) is 0 Å². The Kier molecular flexibility index (Phi) is 7.34. The van der Waals surface area contributed by atoms with E-state index in [0.29, 0.717) is 17.9 Å². The highest BCUT2D eigenvalue weighted by Crippen LogP contribution is 2.41. The van der Waals surface area contributed by atoms with Gasteiger partial charge in [0.25, 0.3) is 0 Å². The van der Waals surface area contributed by atoms with Crippen molar-refractivity contribution in [1.82, 2.24) is 10.3 Å². The number of ether oxygens (including phenoxy) is 2. The Morgan fingerprint density at radius 2 is 1.75 bits per heavy atom. The van der Waals surface area contributed by atoms with Gasteiger partial charge in [-0.25, -0.2) is 9.59 Å². The zero-order valence-corrected chi connectivity index (χ0v) is 21.8. The van der Waals surface area contributed by atoms with Gasteiger partial charge in [0.2, 0.25) is 0 Å². The van der Waals surface area contributed by atoms with Gasteiger partial charge in [-0.05, 0) is 67.9 Å². The van der Waals surface area contributed by atoms with Crippen LogP contribution in [0.4, 0.5) is 4.79 Å². The van der Waals surface area contributed by atoms with Crippen molar-refractivity contribution in [2.24, 2.45) is 5.41 Å². The normalized spacial score (nSPS) is 15.4. The second kappa shape index (κ2) is 10.3. The third-order valence-corrected chi connectivity index (χ3v) is 6.21. The summed E-state index contributed by atoms with van der Waals surface area (Å²) in [4.78, 5) is 31.7. The van der Waals surface area contributed by atoms with Crippen molar-refractivity contribution in [3.05, 3.63) is 77.5 Å². The molecule has 1 aliphatic carbocycles. The average Bonchev–Trinajstić information content (AvgIpc) is 3.66. The van der Waals surface area contributed by atoms with Gasteiger partial charge >= 0.3 is 12.1 Å². The van der Waals surface area contributed by atoms with Crippen LogP contribution in [0.25, 0.3) is 10.9 Å². The van der Waals surface area contributed by atoms with E-state index in [9.17, 15) is 9.59 Å². The van der Waals surface area contributed by atoms with Gasteiger partial charge in [-0.15, -0.1) is 0 Å². The van der Waals surface area contributed by atoms with Crippen LogP contribution in [0.2, 0.25) is 0 Å². The van der Waals surface area contributed by atoms with Crippen molar-refractivity contribution >= 4 is 23.0 Å². The lowest BCUT2D eigenvalue weighted by atomic mass is 9.75. The molecule has 1 N–H and O–H groups in total. The van der Waals surface area contributed by atoms with E-state index in [1.807, 2.05) is 75.4 Å². The molecule has 0 radical (unpaired) electrons. The Morgan fingerprint density at radius 1 is 1.03 bits per heavy atom. The maximum Gasteiger partial charge on any atom is 0.408 e. The van der Waals surface area contributed by atoms with E-state index >= 15 is 0 Å². The van der Waals surface area contributed by atoms with Crippen LogP contribution in [0.1, 0.15) is 76.6 Å². The molecule has 1 unspecified atom stereocenters. The molecule has 2 aromatic carbocycles. The first kappa shape index (κ1) is 25.7. The number of fused-ring (bicyclic) bond motifs is 1. The quantitative estimate of drug-likeness (QED) is 0.361. The summed E-state index contributed by atoms with van der Waals surface area (Å²) in [5.74, 6) is 0.0436. The first-order valence-corrected chi connectivity index (χ1v) is 12.7. The molecule has 0 saturated heterocycles. The number of hydrogen-bond donors (Lipinski definition) is 1. The summed E-state index contributed by atoms with van der Waals surface area (Å²) in [5, 5.41) is 3.84. The van der Waals surface area contributed by atoms with E-state index in [-0.39, 0.29) is 18.1 Å². The second-order valence-corrected chi connectivity index (χ2v) is 11.2. The summed E-state index contributed by atoms with van der Waals surface area (Å²) >= 11 is 0. The molecule has 0 bridgehead atoms. The minimum atomic E-state index is -1.43. The number of pyridine rings is 1. The third kappa shape index (κ3) is 6.23. The number of nitrogens with one attached hydrogen (secondary N) is 1. The summed E-state index contributed by atoms with van der Waals surface area (Å²) in [5.41, 5.74) is 1.75. The maximum atomic E-state index is 13.7. The van der Waals surface area contributed by atoms with Gasteiger partial charge < -0.3 is 14.8 Å². The van der Waals surface area contributed by atoms with Crippen LogP contribution in [-0.2, 0) is 26.4 Å². The van der Waals surface area contributed by atoms with Gasteiger partial charge in [0, 0.05) is 17.0 Å². The summed E-state index contributed by atoms with van der Waals surface area (Å²) in [7, 11) is 0. The van der Waals surface area contributed by atoms with Crippen molar-refractivity contribution in [2.75, 3.05) is 0 Å². The summed E-state index contributed by atoms with van der Waals surface area (Å²) in [6, 6.07) is 19.3. The van der Waals surface area contributed by atoms with Gasteiger partial charge in [-0.3, -0.25) is 4.98 Å². The summed E-state index contributed by atoms with van der Waals surface area (Å²) in [6.07, 6.45) is 1.67. The Hall–Kier alpha value is -3.41. The smallest absolute Gasteiger partial charge is 0.408 e. The fourth-order valence-electron chi connectivity index (χ4n) is 4.52. The molecule has 190 valence electrons. The monoisotopic (exact) mass is 488 g/mol. The Labute approximate surface area is 213 Å². The minimum absolute atomic E-state index is 0.100. The molecule has 3 aromatic rings. The number of carbonyl (C=O) groups excluding carboxylic acids is 2. The largest absolute Gasteiger partial charge is 0.461 e. The molecule has 36 heavy (non-hydrogen) atoms. The van der Waals surface area contributed by atoms with Gasteiger partial charge in [-0.1, -0.05) is 63.2 Å². The van der Waals surface area contributed by atoms with E-state index in [1.54, 1.807) is 13.8 Å². The molecule has 0 spiro atoms. The third-order valence-electron chi connectivity index (χ3n) is 6.21. The molecular weight excluding hydrogens is 452 g/mol. The van der Waals surface area contributed by atoms with Crippen LogP contribution >= 0.6 is 0 Å². The molecule has 1 atom stereocenters. The van der Waals surface area contributed by atoms with E-state index in [1.165, 1.54) is 12.8 Å². The molecule has 1 amide bonds. The molecule has 6 heteroatoms. The molecule has 1 aliphatic rings. The Balaban J connectivity index is 1.72. The number of carbonyl (C=O) groups is 2. The highest BCUT2D eigenvalue weighted by molar-refractivity contribution is 5.90. The summed E-state index contributed by atoms with van der Waals surface area (Å²) < 4.78 is 11.3. The lowest BCUT2D eigenvalue weighted by Gasteiger charge is -2.38. The van der Waals surface area contributed by atoms with Crippen molar-refractivity contribution < 1.29 is 19.1 Å². The highest BCUT2D eigenvalue weighted by Gasteiger charge is 2.47. The first-order chi connectivity index (χ1) is 17.1. The van der Waals surface area contributed by atoms with Crippen LogP contribution in [0.15, 0.2) is 60.7 Å². The van der Waals surface area contributed by atoms with Gasteiger partial charge in [0.05, 0.1) is 11.6 Å². The van der Waals surface area contributed by atoms with E-state index < -0.39 is 17.6 Å². The zero-order valence-electron chi connectivity index (χ0n) is 21.8. The number of aromatic nitrogens is 1. The number of nitrogens with zero attached hydrogens (tertiary/aromatic N) is 1. The number of hydrogen-bond acceptors (Lipinski definition) is 5.